The fraction of sp³-hybridized carbons (Fsp3) is 0.409. The number of hydrogen-bond donors (Lipinski definition) is 3. The van der Waals surface area contributed by atoms with Crippen molar-refractivity contribution >= 4 is 40.0 Å². The molecule has 2 aromatic rings. The SMILES string of the molecule is CCNC(=NCc1ccc(S(N)(=O)=O)cc1)NCC(C)(C)c1ccc(CC)cc1.I. The molecule has 2 rings (SSSR count). The smallest absolute Gasteiger partial charge is 0.238 e. The van der Waals surface area contributed by atoms with Gasteiger partial charge in [0.25, 0.3) is 0 Å². The molecule has 166 valence electrons. The van der Waals surface area contributed by atoms with E-state index in [0.717, 1.165) is 31.0 Å². The lowest BCUT2D eigenvalue weighted by Crippen LogP contribution is -2.43. The van der Waals surface area contributed by atoms with E-state index in [2.05, 4.69) is 60.7 Å². The Kier molecular flexibility index (Phi) is 10.3. The van der Waals surface area contributed by atoms with Crippen LogP contribution in [0.1, 0.15) is 44.4 Å². The minimum atomic E-state index is -3.68. The van der Waals surface area contributed by atoms with E-state index in [1.807, 2.05) is 6.92 Å². The van der Waals surface area contributed by atoms with E-state index in [0.29, 0.717) is 6.54 Å². The number of hydrogen-bond acceptors (Lipinski definition) is 3. The van der Waals surface area contributed by atoms with Crippen molar-refractivity contribution in [3.63, 3.8) is 0 Å². The number of sulfonamides is 1. The standard InChI is InChI=1S/C22H32N4O2S.HI/c1-5-17-7-11-19(12-8-17)22(3,4)16-26-21(24-6-2)25-15-18-9-13-20(14-10-18)29(23,27)28;/h7-14H,5-6,15-16H2,1-4H3,(H2,23,27,28)(H2,24,25,26);1H. The van der Waals surface area contributed by atoms with Gasteiger partial charge in [-0.2, -0.15) is 0 Å². The summed E-state index contributed by atoms with van der Waals surface area (Å²) >= 11 is 0. The maximum Gasteiger partial charge on any atom is 0.238 e. The minimum absolute atomic E-state index is 0. The van der Waals surface area contributed by atoms with Crippen LogP contribution in [0.5, 0.6) is 0 Å². The van der Waals surface area contributed by atoms with Crippen LogP contribution >= 0.6 is 24.0 Å². The lowest BCUT2D eigenvalue weighted by molar-refractivity contribution is 0.508. The third-order valence-electron chi connectivity index (χ3n) is 4.86. The van der Waals surface area contributed by atoms with Gasteiger partial charge < -0.3 is 10.6 Å². The van der Waals surface area contributed by atoms with E-state index in [1.165, 1.54) is 23.3 Å². The summed E-state index contributed by atoms with van der Waals surface area (Å²) < 4.78 is 22.7. The first-order valence-electron chi connectivity index (χ1n) is 9.89. The number of nitrogens with one attached hydrogen (secondary N) is 2. The van der Waals surface area contributed by atoms with Crippen molar-refractivity contribution in [1.29, 1.82) is 0 Å². The van der Waals surface area contributed by atoms with Crippen LogP contribution < -0.4 is 15.8 Å². The monoisotopic (exact) mass is 544 g/mol. The van der Waals surface area contributed by atoms with Crippen molar-refractivity contribution in [2.75, 3.05) is 13.1 Å². The summed E-state index contributed by atoms with van der Waals surface area (Å²) in [5.41, 5.74) is 3.46. The van der Waals surface area contributed by atoms with Crippen LogP contribution in [0.3, 0.4) is 0 Å². The zero-order valence-corrected chi connectivity index (χ0v) is 21.3. The Morgan fingerprint density at radius 1 is 0.967 bits per heavy atom. The largest absolute Gasteiger partial charge is 0.357 e. The second-order valence-corrected chi connectivity index (χ2v) is 9.23. The molecule has 4 N–H and O–H groups in total. The quantitative estimate of drug-likeness (QED) is 0.269. The first-order chi connectivity index (χ1) is 13.7. The van der Waals surface area contributed by atoms with Crippen LogP contribution in [0, 0.1) is 0 Å². The Hall–Kier alpha value is -1.65. The molecule has 30 heavy (non-hydrogen) atoms. The first-order valence-corrected chi connectivity index (χ1v) is 11.4. The van der Waals surface area contributed by atoms with Gasteiger partial charge in [0.05, 0.1) is 11.4 Å². The minimum Gasteiger partial charge on any atom is -0.357 e. The van der Waals surface area contributed by atoms with E-state index in [9.17, 15) is 8.42 Å². The van der Waals surface area contributed by atoms with Gasteiger partial charge in [-0.15, -0.1) is 24.0 Å². The third-order valence-corrected chi connectivity index (χ3v) is 5.79. The Morgan fingerprint density at radius 3 is 2.03 bits per heavy atom. The van der Waals surface area contributed by atoms with Gasteiger partial charge >= 0.3 is 0 Å². The number of primary sulfonamides is 1. The fourth-order valence-electron chi connectivity index (χ4n) is 2.90. The second kappa shape index (κ2) is 11.7. The summed E-state index contributed by atoms with van der Waals surface area (Å²) in [6.07, 6.45) is 1.04. The molecule has 0 atom stereocenters. The summed E-state index contributed by atoms with van der Waals surface area (Å²) in [5, 5.41) is 11.8. The average Bonchev–Trinajstić information content (AvgIpc) is 2.70. The number of nitrogens with zero attached hydrogens (tertiary/aromatic N) is 1. The molecule has 0 radical (unpaired) electrons. The van der Waals surface area contributed by atoms with Gasteiger partial charge in [0.1, 0.15) is 0 Å². The maximum atomic E-state index is 11.4. The zero-order valence-electron chi connectivity index (χ0n) is 18.1. The van der Waals surface area contributed by atoms with E-state index < -0.39 is 10.0 Å². The van der Waals surface area contributed by atoms with Gasteiger partial charge in [-0.3, -0.25) is 0 Å². The fourth-order valence-corrected chi connectivity index (χ4v) is 3.41. The average molecular weight is 545 g/mol. The Labute approximate surface area is 197 Å². The van der Waals surface area contributed by atoms with Crippen molar-refractivity contribution in [1.82, 2.24) is 10.6 Å². The number of nitrogens with two attached hydrogens (primary N) is 1. The molecule has 0 saturated heterocycles. The van der Waals surface area contributed by atoms with Gasteiger partial charge in [0.2, 0.25) is 10.0 Å². The summed E-state index contributed by atoms with van der Waals surface area (Å²) in [6, 6.07) is 15.2. The highest BCUT2D eigenvalue weighted by Gasteiger charge is 2.20. The van der Waals surface area contributed by atoms with Crippen LogP contribution in [0.25, 0.3) is 0 Å². The van der Waals surface area contributed by atoms with Crippen molar-refractivity contribution in [3.05, 3.63) is 65.2 Å². The molecule has 0 aliphatic heterocycles. The van der Waals surface area contributed by atoms with Crippen molar-refractivity contribution < 1.29 is 8.42 Å². The predicted octanol–water partition coefficient (Wildman–Crippen LogP) is 3.55. The lowest BCUT2D eigenvalue weighted by atomic mass is 9.84. The van der Waals surface area contributed by atoms with Gasteiger partial charge in [0.15, 0.2) is 5.96 Å². The number of aliphatic imine (C=N–C) groups is 1. The van der Waals surface area contributed by atoms with E-state index >= 15 is 0 Å². The first kappa shape index (κ1) is 26.4. The van der Waals surface area contributed by atoms with Crippen LogP contribution in [0.2, 0.25) is 0 Å². The summed E-state index contributed by atoms with van der Waals surface area (Å²) in [7, 11) is -3.68. The molecular weight excluding hydrogens is 511 g/mol. The highest BCUT2D eigenvalue weighted by molar-refractivity contribution is 14.0. The third kappa shape index (κ3) is 7.88. The molecule has 2 aromatic carbocycles. The molecule has 0 heterocycles. The summed E-state index contributed by atoms with van der Waals surface area (Å²) in [6.45, 7) is 10.5. The molecule has 0 aromatic heterocycles. The molecule has 6 nitrogen and oxygen atoms in total. The Bertz CT molecular complexity index is 925. The van der Waals surface area contributed by atoms with E-state index in [-0.39, 0.29) is 34.3 Å². The van der Waals surface area contributed by atoms with E-state index in [4.69, 9.17) is 5.14 Å². The number of benzene rings is 2. The molecule has 0 bridgehead atoms. The van der Waals surface area contributed by atoms with Crippen molar-refractivity contribution in [2.24, 2.45) is 10.1 Å². The number of rotatable bonds is 8. The van der Waals surface area contributed by atoms with Crippen LogP contribution in [-0.2, 0) is 28.4 Å². The maximum absolute atomic E-state index is 11.4. The topological polar surface area (TPSA) is 96.6 Å². The molecule has 0 amide bonds. The van der Waals surface area contributed by atoms with Gasteiger partial charge in [-0.05, 0) is 42.2 Å². The number of guanidine groups is 1. The van der Waals surface area contributed by atoms with Crippen LogP contribution in [0.15, 0.2) is 58.4 Å². The molecular formula is C22H33IN4O2S. The van der Waals surface area contributed by atoms with E-state index in [1.54, 1.807) is 12.1 Å². The highest BCUT2D eigenvalue weighted by Crippen LogP contribution is 2.22. The molecule has 0 unspecified atom stereocenters. The second-order valence-electron chi connectivity index (χ2n) is 7.67. The molecule has 0 spiro atoms. The zero-order chi connectivity index (χ0) is 21.5. The molecule has 0 saturated carbocycles. The van der Waals surface area contributed by atoms with Gasteiger partial charge in [0, 0.05) is 18.5 Å². The highest BCUT2D eigenvalue weighted by atomic mass is 127. The summed E-state index contributed by atoms with van der Waals surface area (Å²) in [4.78, 5) is 4.72. The van der Waals surface area contributed by atoms with Crippen LogP contribution in [0.4, 0.5) is 0 Å². The number of aryl methyl sites for hydroxylation is 1. The molecule has 0 aliphatic carbocycles. The van der Waals surface area contributed by atoms with Crippen LogP contribution in [-0.4, -0.2) is 27.5 Å². The Morgan fingerprint density at radius 2 is 1.53 bits per heavy atom. The number of halogens is 1. The lowest BCUT2D eigenvalue weighted by Gasteiger charge is -2.27. The predicted molar refractivity (Wildman–Crippen MR) is 135 cm³/mol. The van der Waals surface area contributed by atoms with Crippen molar-refractivity contribution in [3.8, 4) is 0 Å². The van der Waals surface area contributed by atoms with Crippen molar-refractivity contribution in [2.45, 2.75) is 51.0 Å². The summed E-state index contributed by atoms with van der Waals surface area (Å²) in [5.74, 6) is 0.723. The van der Waals surface area contributed by atoms with Gasteiger partial charge in [-0.25, -0.2) is 18.5 Å². The Balaban J connectivity index is 0.00000450. The molecule has 8 heteroatoms. The normalized spacial score (nSPS) is 12.2. The van der Waals surface area contributed by atoms with Gasteiger partial charge in [-0.1, -0.05) is 57.2 Å². The molecule has 0 aliphatic rings. The molecule has 0 fully saturated rings.